The van der Waals surface area contributed by atoms with Gasteiger partial charge in [-0.2, -0.15) is 26.3 Å². The summed E-state index contributed by atoms with van der Waals surface area (Å²) in [5.41, 5.74) is -4.26. The predicted octanol–water partition coefficient (Wildman–Crippen LogP) is 5.89. The van der Waals surface area contributed by atoms with Crippen LogP contribution in [0.15, 0.2) is 52.3 Å². The van der Waals surface area contributed by atoms with Crippen molar-refractivity contribution < 1.29 is 40.7 Å². The number of amides is 3. The summed E-state index contributed by atoms with van der Waals surface area (Å²) in [5.74, 6) is -0.625. The van der Waals surface area contributed by atoms with Gasteiger partial charge in [0.1, 0.15) is 0 Å². The monoisotopic (exact) mass is 547 g/mol. The fourth-order valence-corrected chi connectivity index (χ4v) is 4.60. The molecule has 2 aromatic rings. The molecule has 1 aliphatic heterocycles. The standard InChI is InChI=1S/C24H23F6N3O3S/c1-2-31-22(35)32-16-4-3-5-17(14-16)37-18-8-6-15(7-9-19(34)33-10-12-36-13-11-33)20(23(25,26)27)21(18)24(28,29)30/h3-9,14H,2,10-13H2,1H3,(H2,31,32,35). The van der Waals surface area contributed by atoms with Crippen LogP contribution >= 0.6 is 11.8 Å². The Morgan fingerprint density at radius 3 is 2.32 bits per heavy atom. The summed E-state index contributed by atoms with van der Waals surface area (Å²) >= 11 is 0.477. The highest BCUT2D eigenvalue weighted by Gasteiger charge is 2.46. The van der Waals surface area contributed by atoms with E-state index < -0.39 is 45.9 Å². The number of ether oxygens (including phenoxy) is 1. The van der Waals surface area contributed by atoms with E-state index in [1.165, 1.54) is 29.2 Å². The number of benzene rings is 2. The lowest BCUT2D eigenvalue weighted by molar-refractivity contribution is -0.163. The van der Waals surface area contributed by atoms with Crippen molar-refractivity contribution in [2.45, 2.75) is 29.1 Å². The van der Waals surface area contributed by atoms with Gasteiger partial charge >= 0.3 is 18.4 Å². The molecule has 1 heterocycles. The van der Waals surface area contributed by atoms with E-state index in [2.05, 4.69) is 10.6 Å². The van der Waals surface area contributed by atoms with Gasteiger partial charge in [0.15, 0.2) is 0 Å². The Labute approximate surface area is 213 Å². The number of urea groups is 1. The molecular formula is C24H23F6N3O3S. The van der Waals surface area contributed by atoms with Crippen molar-refractivity contribution >= 4 is 35.5 Å². The molecule has 0 spiro atoms. The molecule has 3 rings (SSSR count). The highest BCUT2D eigenvalue weighted by molar-refractivity contribution is 7.99. The normalized spacial score (nSPS) is 14.6. The predicted molar refractivity (Wildman–Crippen MR) is 126 cm³/mol. The summed E-state index contributed by atoms with van der Waals surface area (Å²) in [4.78, 5) is 24.9. The SMILES string of the molecule is CCNC(=O)Nc1cccc(Sc2ccc(C=CC(=O)N3CCOCC3)c(C(F)(F)F)c2C(F)(F)F)c1. The van der Waals surface area contributed by atoms with Gasteiger partial charge in [-0.1, -0.05) is 23.9 Å². The number of carbonyl (C=O) groups is 2. The highest BCUT2D eigenvalue weighted by atomic mass is 32.2. The number of carbonyl (C=O) groups excluding carboxylic acids is 2. The van der Waals surface area contributed by atoms with Crippen LogP contribution in [0.4, 0.5) is 36.8 Å². The van der Waals surface area contributed by atoms with Gasteiger partial charge in [-0.05, 0) is 42.8 Å². The minimum Gasteiger partial charge on any atom is -0.378 e. The van der Waals surface area contributed by atoms with E-state index in [-0.39, 0.29) is 36.9 Å². The van der Waals surface area contributed by atoms with E-state index in [0.717, 1.165) is 24.3 Å². The molecular weight excluding hydrogens is 524 g/mol. The Hall–Kier alpha value is -3.19. The van der Waals surface area contributed by atoms with E-state index >= 15 is 0 Å². The van der Waals surface area contributed by atoms with Crippen LogP contribution in [0, 0.1) is 0 Å². The molecule has 37 heavy (non-hydrogen) atoms. The summed E-state index contributed by atoms with van der Waals surface area (Å²) in [7, 11) is 0. The van der Waals surface area contributed by atoms with Gasteiger partial charge in [0.25, 0.3) is 0 Å². The van der Waals surface area contributed by atoms with Gasteiger partial charge in [-0.25, -0.2) is 4.79 Å². The zero-order valence-corrected chi connectivity index (χ0v) is 20.3. The molecule has 13 heteroatoms. The van der Waals surface area contributed by atoms with Gasteiger partial charge in [0, 0.05) is 41.2 Å². The molecule has 0 aliphatic carbocycles. The number of nitrogens with one attached hydrogen (secondary N) is 2. The summed E-state index contributed by atoms with van der Waals surface area (Å²) in [5, 5.41) is 4.99. The van der Waals surface area contributed by atoms with E-state index in [4.69, 9.17) is 4.74 Å². The Kier molecular flexibility index (Phi) is 9.13. The largest absolute Gasteiger partial charge is 0.418 e. The van der Waals surface area contributed by atoms with Gasteiger partial charge in [-0.3, -0.25) is 4.79 Å². The molecule has 1 aliphatic rings. The van der Waals surface area contributed by atoms with E-state index in [9.17, 15) is 35.9 Å². The zero-order chi connectivity index (χ0) is 27.2. The van der Waals surface area contributed by atoms with Crippen molar-refractivity contribution in [3.63, 3.8) is 0 Å². The summed E-state index contributed by atoms with van der Waals surface area (Å²) in [6.07, 6.45) is -9.12. The third-order valence-corrected chi connectivity index (χ3v) is 6.20. The molecule has 200 valence electrons. The minimum atomic E-state index is -5.36. The third-order valence-electron chi connectivity index (χ3n) is 5.15. The fraction of sp³-hybridized carbons (Fsp3) is 0.333. The Morgan fingerprint density at radius 2 is 1.70 bits per heavy atom. The Bertz CT molecular complexity index is 1160. The first-order valence-electron chi connectivity index (χ1n) is 11.1. The number of hydrogen-bond donors (Lipinski definition) is 2. The van der Waals surface area contributed by atoms with Gasteiger partial charge < -0.3 is 20.3 Å². The number of halogens is 6. The maximum atomic E-state index is 14.1. The Balaban J connectivity index is 2.00. The molecule has 3 amide bonds. The van der Waals surface area contributed by atoms with Crippen LogP contribution in [0.25, 0.3) is 6.08 Å². The van der Waals surface area contributed by atoms with E-state index in [1.807, 2.05) is 0 Å². The van der Waals surface area contributed by atoms with Crippen LogP contribution in [0.2, 0.25) is 0 Å². The maximum Gasteiger partial charge on any atom is 0.418 e. The van der Waals surface area contributed by atoms with E-state index in [1.54, 1.807) is 6.92 Å². The smallest absolute Gasteiger partial charge is 0.378 e. The van der Waals surface area contributed by atoms with Gasteiger partial charge in [0.2, 0.25) is 5.91 Å². The molecule has 6 nitrogen and oxygen atoms in total. The second-order valence-corrected chi connectivity index (χ2v) is 8.90. The zero-order valence-electron chi connectivity index (χ0n) is 19.5. The first-order chi connectivity index (χ1) is 17.4. The molecule has 2 aromatic carbocycles. The molecule has 0 radical (unpaired) electrons. The molecule has 0 bridgehead atoms. The van der Waals surface area contributed by atoms with Crippen LogP contribution in [0.3, 0.4) is 0 Å². The van der Waals surface area contributed by atoms with Crippen LogP contribution in [0.1, 0.15) is 23.6 Å². The van der Waals surface area contributed by atoms with Crippen molar-refractivity contribution in [2.24, 2.45) is 0 Å². The molecule has 1 fully saturated rings. The van der Waals surface area contributed by atoms with Crippen molar-refractivity contribution in [1.82, 2.24) is 10.2 Å². The minimum absolute atomic E-state index is 0.179. The molecule has 0 atom stereocenters. The maximum absolute atomic E-state index is 14.1. The molecule has 2 N–H and O–H groups in total. The van der Waals surface area contributed by atoms with E-state index in [0.29, 0.717) is 18.3 Å². The summed E-state index contributed by atoms with van der Waals surface area (Å²) in [6.45, 7) is 3.02. The van der Waals surface area contributed by atoms with Gasteiger partial charge in [0.05, 0.1) is 24.3 Å². The lowest BCUT2D eigenvalue weighted by atomic mass is 9.99. The molecule has 0 saturated carbocycles. The average Bonchev–Trinajstić information content (AvgIpc) is 2.82. The molecule has 1 saturated heterocycles. The van der Waals surface area contributed by atoms with Crippen LogP contribution in [-0.2, 0) is 21.9 Å². The topological polar surface area (TPSA) is 70.7 Å². The van der Waals surface area contributed by atoms with Crippen molar-refractivity contribution in [2.75, 3.05) is 38.2 Å². The quantitative estimate of drug-likeness (QED) is 0.350. The second kappa shape index (κ2) is 11.9. The molecule has 0 unspecified atom stereocenters. The van der Waals surface area contributed by atoms with Crippen LogP contribution in [0.5, 0.6) is 0 Å². The number of nitrogens with zero attached hydrogens (tertiary/aromatic N) is 1. The van der Waals surface area contributed by atoms with Crippen LogP contribution < -0.4 is 10.6 Å². The average molecular weight is 548 g/mol. The number of rotatable bonds is 6. The third kappa shape index (κ3) is 7.65. The van der Waals surface area contributed by atoms with Crippen molar-refractivity contribution in [3.8, 4) is 0 Å². The van der Waals surface area contributed by atoms with Crippen molar-refractivity contribution in [3.05, 3.63) is 59.2 Å². The fourth-order valence-electron chi connectivity index (χ4n) is 3.56. The number of anilines is 1. The Morgan fingerprint density at radius 1 is 1.03 bits per heavy atom. The lowest BCUT2D eigenvalue weighted by Crippen LogP contribution is -2.39. The molecule has 0 aromatic heterocycles. The first-order valence-corrected chi connectivity index (χ1v) is 11.9. The number of morpholine rings is 1. The van der Waals surface area contributed by atoms with Crippen molar-refractivity contribution in [1.29, 1.82) is 0 Å². The first kappa shape index (κ1) is 28.4. The number of alkyl halides is 6. The summed E-state index contributed by atoms with van der Waals surface area (Å²) < 4.78 is 89.3. The highest BCUT2D eigenvalue weighted by Crippen LogP contribution is 2.48. The van der Waals surface area contributed by atoms with Gasteiger partial charge in [-0.15, -0.1) is 0 Å². The number of hydrogen-bond acceptors (Lipinski definition) is 4. The summed E-state index contributed by atoms with van der Waals surface area (Å²) in [6, 6.07) is 7.01. The lowest BCUT2D eigenvalue weighted by Gasteiger charge is -2.25. The second-order valence-electron chi connectivity index (χ2n) is 7.78. The van der Waals surface area contributed by atoms with Crippen LogP contribution in [-0.4, -0.2) is 49.7 Å².